The summed E-state index contributed by atoms with van der Waals surface area (Å²) in [5.41, 5.74) is 3.17. The number of nitrogens with zero attached hydrogens (tertiary/aromatic N) is 3. The molecule has 2 heterocycles. The van der Waals surface area contributed by atoms with Gasteiger partial charge in [-0.3, -0.25) is 15.0 Å². The average Bonchev–Trinajstić information content (AvgIpc) is 2.81. The van der Waals surface area contributed by atoms with Crippen LogP contribution in [0.3, 0.4) is 0 Å². The lowest BCUT2D eigenvalue weighted by Crippen LogP contribution is -2.53. The molecule has 8 nitrogen and oxygen atoms in total. The number of hydrogen-bond acceptors (Lipinski definition) is 6. The number of piperazine rings is 1. The molecule has 1 saturated heterocycles. The lowest BCUT2D eigenvalue weighted by Gasteiger charge is -2.37. The monoisotopic (exact) mass is 454 g/mol. The van der Waals surface area contributed by atoms with E-state index < -0.39 is 23.4 Å². The smallest absolute Gasteiger partial charge is 0.257 e. The van der Waals surface area contributed by atoms with Crippen molar-refractivity contribution in [1.29, 1.82) is 0 Å². The number of aliphatic hydroxyl groups is 1. The largest absolute Gasteiger partial charge is 0.437 e. The zero-order valence-corrected chi connectivity index (χ0v) is 18.8. The Morgan fingerprint density at radius 1 is 1.09 bits per heavy atom. The second-order valence-corrected chi connectivity index (χ2v) is 9.11. The van der Waals surface area contributed by atoms with Gasteiger partial charge in [0.25, 0.3) is 5.91 Å². The lowest BCUT2D eigenvalue weighted by molar-refractivity contribution is -0.140. The van der Waals surface area contributed by atoms with E-state index in [0.29, 0.717) is 37.3 Å². The third-order valence-corrected chi connectivity index (χ3v) is 5.65. The van der Waals surface area contributed by atoms with Crippen molar-refractivity contribution < 1.29 is 23.8 Å². The molecule has 0 aliphatic carbocycles. The molecule has 33 heavy (non-hydrogen) atoms. The van der Waals surface area contributed by atoms with Crippen LogP contribution in [0.1, 0.15) is 48.5 Å². The number of amides is 2. The third kappa shape index (κ3) is 4.68. The number of benzene rings is 2. The molecule has 2 N–H and O–H groups in total. The summed E-state index contributed by atoms with van der Waals surface area (Å²) in [6, 6.07) is 11.0. The SMILES string of the molecule is CC(C)(C)C(=O)N1CCN(C(=O)c2cc(OC3=NNC(O)c4ccccc43)ccc2F)CC1. The topological polar surface area (TPSA) is 94.5 Å². The first kappa shape index (κ1) is 22.7. The van der Waals surface area contributed by atoms with Crippen LogP contribution in [0.15, 0.2) is 47.6 Å². The molecule has 2 aromatic rings. The Morgan fingerprint density at radius 3 is 2.45 bits per heavy atom. The van der Waals surface area contributed by atoms with Crippen LogP contribution in [0.25, 0.3) is 0 Å². The molecular formula is C24H27FN4O4. The number of fused-ring (bicyclic) bond motifs is 1. The predicted octanol–water partition coefficient (Wildman–Crippen LogP) is 2.49. The van der Waals surface area contributed by atoms with E-state index in [4.69, 9.17) is 4.74 Å². The molecule has 4 rings (SSSR count). The van der Waals surface area contributed by atoms with Gasteiger partial charge in [-0.15, -0.1) is 5.10 Å². The molecule has 1 unspecified atom stereocenters. The second kappa shape index (κ2) is 8.82. The van der Waals surface area contributed by atoms with E-state index in [-0.39, 0.29) is 23.1 Å². The van der Waals surface area contributed by atoms with Gasteiger partial charge in [0.15, 0.2) is 6.23 Å². The summed E-state index contributed by atoms with van der Waals surface area (Å²) in [6.45, 7) is 7.04. The number of hydrazone groups is 1. The normalized spacial score (nSPS) is 18.2. The highest BCUT2D eigenvalue weighted by Crippen LogP contribution is 2.25. The van der Waals surface area contributed by atoms with Crippen LogP contribution >= 0.6 is 0 Å². The summed E-state index contributed by atoms with van der Waals surface area (Å²) < 4.78 is 20.4. The van der Waals surface area contributed by atoms with Gasteiger partial charge in [0.05, 0.1) is 5.56 Å². The molecule has 2 aromatic carbocycles. The number of halogens is 1. The minimum Gasteiger partial charge on any atom is -0.437 e. The Hall–Kier alpha value is -3.46. The first-order chi connectivity index (χ1) is 15.6. The molecule has 174 valence electrons. The van der Waals surface area contributed by atoms with Crippen LogP contribution in [0.2, 0.25) is 0 Å². The number of nitrogens with one attached hydrogen (secondary N) is 1. The van der Waals surface area contributed by atoms with E-state index in [1.165, 1.54) is 18.2 Å². The van der Waals surface area contributed by atoms with Gasteiger partial charge in [-0.05, 0) is 24.3 Å². The standard InChI is InChI=1S/C24H27FN4O4/c1-24(2,3)23(32)29-12-10-28(11-13-29)22(31)18-14-15(8-9-19(18)25)33-21-17-7-5-4-6-16(17)20(30)26-27-21/h4-9,14,20,26,30H,10-13H2,1-3H3. The van der Waals surface area contributed by atoms with Crippen molar-refractivity contribution >= 4 is 17.7 Å². The number of hydrogen-bond donors (Lipinski definition) is 2. The van der Waals surface area contributed by atoms with E-state index in [0.717, 1.165) is 0 Å². The molecule has 2 aliphatic heterocycles. The molecule has 0 spiro atoms. The summed E-state index contributed by atoms with van der Waals surface area (Å²) in [4.78, 5) is 28.8. The van der Waals surface area contributed by atoms with Crippen LogP contribution in [0, 0.1) is 11.2 Å². The van der Waals surface area contributed by atoms with Gasteiger partial charge in [0.2, 0.25) is 11.8 Å². The highest BCUT2D eigenvalue weighted by molar-refractivity contribution is 5.98. The van der Waals surface area contributed by atoms with Gasteiger partial charge in [-0.1, -0.05) is 39.0 Å². The van der Waals surface area contributed by atoms with Crippen LogP contribution in [0.5, 0.6) is 5.75 Å². The lowest BCUT2D eigenvalue weighted by atomic mass is 9.94. The fourth-order valence-corrected chi connectivity index (χ4v) is 3.86. The first-order valence-electron chi connectivity index (χ1n) is 10.8. The summed E-state index contributed by atoms with van der Waals surface area (Å²) in [5, 5.41) is 14.1. The zero-order chi connectivity index (χ0) is 23.8. The van der Waals surface area contributed by atoms with Crippen LogP contribution in [0.4, 0.5) is 4.39 Å². The average molecular weight is 455 g/mol. The number of aliphatic hydroxyl groups excluding tert-OH is 1. The summed E-state index contributed by atoms with van der Waals surface area (Å²) >= 11 is 0. The molecule has 1 atom stereocenters. The number of carbonyl (C=O) groups is 2. The first-order valence-corrected chi connectivity index (χ1v) is 10.8. The van der Waals surface area contributed by atoms with E-state index in [2.05, 4.69) is 10.5 Å². The van der Waals surface area contributed by atoms with E-state index in [1.54, 1.807) is 34.1 Å². The molecule has 0 radical (unpaired) electrons. The highest BCUT2D eigenvalue weighted by atomic mass is 19.1. The minimum atomic E-state index is -0.956. The minimum absolute atomic E-state index is 0.0310. The summed E-state index contributed by atoms with van der Waals surface area (Å²) in [7, 11) is 0. The third-order valence-electron chi connectivity index (χ3n) is 5.65. The predicted molar refractivity (Wildman–Crippen MR) is 120 cm³/mol. The summed E-state index contributed by atoms with van der Waals surface area (Å²) in [6.07, 6.45) is -0.956. The van der Waals surface area contributed by atoms with Gasteiger partial charge in [0.1, 0.15) is 11.6 Å². The van der Waals surface area contributed by atoms with E-state index >= 15 is 0 Å². The number of rotatable bonds is 2. The van der Waals surface area contributed by atoms with Gasteiger partial charge in [-0.25, -0.2) is 4.39 Å². The van der Waals surface area contributed by atoms with Crippen molar-refractivity contribution in [1.82, 2.24) is 15.2 Å². The Kier molecular flexibility index (Phi) is 6.07. The Labute approximate surface area is 191 Å². The van der Waals surface area contributed by atoms with Gasteiger partial charge >= 0.3 is 0 Å². The van der Waals surface area contributed by atoms with Crippen molar-refractivity contribution in [2.75, 3.05) is 26.2 Å². The van der Waals surface area contributed by atoms with Crippen molar-refractivity contribution in [3.63, 3.8) is 0 Å². The molecule has 2 aliphatic rings. The Balaban J connectivity index is 1.48. The van der Waals surface area contributed by atoms with Crippen molar-refractivity contribution in [3.8, 4) is 5.75 Å². The molecule has 9 heteroatoms. The Morgan fingerprint density at radius 2 is 1.76 bits per heavy atom. The maximum atomic E-state index is 14.6. The number of carbonyl (C=O) groups excluding carboxylic acids is 2. The van der Waals surface area contributed by atoms with Gasteiger partial charge in [-0.2, -0.15) is 0 Å². The van der Waals surface area contributed by atoms with Crippen LogP contribution < -0.4 is 10.2 Å². The van der Waals surface area contributed by atoms with Crippen molar-refractivity contribution in [3.05, 3.63) is 65.0 Å². The fourth-order valence-electron chi connectivity index (χ4n) is 3.86. The van der Waals surface area contributed by atoms with Gasteiger partial charge in [0, 0.05) is 42.7 Å². The van der Waals surface area contributed by atoms with Crippen molar-refractivity contribution in [2.45, 2.75) is 27.0 Å². The molecule has 1 fully saturated rings. The quantitative estimate of drug-likeness (QED) is 0.727. The van der Waals surface area contributed by atoms with Crippen molar-refractivity contribution in [2.24, 2.45) is 10.5 Å². The zero-order valence-electron chi connectivity index (χ0n) is 18.8. The molecule has 0 bridgehead atoms. The maximum absolute atomic E-state index is 14.6. The highest BCUT2D eigenvalue weighted by Gasteiger charge is 2.32. The van der Waals surface area contributed by atoms with Gasteiger partial charge < -0.3 is 19.6 Å². The maximum Gasteiger partial charge on any atom is 0.257 e. The molecular weight excluding hydrogens is 427 g/mol. The van der Waals surface area contributed by atoms with Crippen LogP contribution in [-0.2, 0) is 4.79 Å². The summed E-state index contributed by atoms with van der Waals surface area (Å²) in [5.74, 6) is -0.632. The van der Waals surface area contributed by atoms with Crippen LogP contribution in [-0.4, -0.2) is 58.8 Å². The Bertz CT molecular complexity index is 1100. The molecule has 2 amide bonds. The van der Waals surface area contributed by atoms with E-state index in [9.17, 15) is 19.1 Å². The number of ether oxygens (including phenoxy) is 1. The molecule has 0 saturated carbocycles. The van der Waals surface area contributed by atoms with E-state index in [1.807, 2.05) is 20.8 Å². The fraction of sp³-hybridized carbons (Fsp3) is 0.375. The molecule has 0 aromatic heterocycles. The second-order valence-electron chi connectivity index (χ2n) is 9.11.